The first-order valence-electron chi connectivity index (χ1n) is 19.8. The first-order valence-corrected chi connectivity index (χ1v) is 19.8. The Morgan fingerprint density at radius 2 is 0.895 bits per heavy atom. The maximum Gasteiger partial charge on any atom is 0.135 e. The van der Waals surface area contributed by atoms with E-state index in [2.05, 4.69) is 207 Å². The van der Waals surface area contributed by atoms with Gasteiger partial charge in [-0.05, 0) is 109 Å². The minimum atomic E-state index is -0.101. The molecule has 0 saturated heterocycles. The first-order chi connectivity index (χ1) is 28.0. The van der Waals surface area contributed by atoms with Gasteiger partial charge in [-0.25, -0.2) is 0 Å². The van der Waals surface area contributed by atoms with Crippen molar-refractivity contribution in [3.63, 3.8) is 0 Å². The van der Waals surface area contributed by atoms with E-state index < -0.39 is 0 Å². The van der Waals surface area contributed by atoms with Crippen LogP contribution in [0.15, 0.2) is 200 Å². The van der Waals surface area contributed by atoms with Gasteiger partial charge in [-0.1, -0.05) is 166 Å². The van der Waals surface area contributed by atoms with Gasteiger partial charge in [0.2, 0.25) is 0 Å². The van der Waals surface area contributed by atoms with Gasteiger partial charge in [0.1, 0.15) is 11.5 Å². The molecule has 9 aromatic carbocycles. The third-order valence-electron chi connectivity index (χ3n) is 12.1. The summed E-state index contributed by atoms with van der Waals surface area (Å²) in [4.78, 5) is 2.40. The summed E-state index contributed by atoms with van der Waals surface area (Å²) < 4.78 is 6.53. The molecule has 1 heterocycles. The van der Waals surface area contributed by atoms with Crippen molar-refractivity contribution >= 4 is 27.8 Å². The van der Waals surface area contributed by atoms with Crippen LogP contribution in [0.4, 0.5) is 17.1 Å². The van der Waals surface area contributed by atoms with Gasteiger partial charge in [0.25, 0.3) is 0 Å². The number of para-hydroxylation sites is 2. The van der Waals surface area contributed by atoms with Crippen molar-refractivity contribution in [2.24, 2.45) is 0 Å². The van der Waals surface area contributed by atoms with Crippen LogP contribution >= 0.6 is 0 Å². The van der Waals surface area contributed by atoms with E-state index in [1.54, 1.807) is 0 Å². The third kappa shape index (κ3) is 5.33. The zero-order valence-corrected chi connectivity index (χ0v) is 31.9. The summed E-state index contributed by atoms with van der Waals surface area (Å²) in [7, 11) is 0. The van der Waals surface area contributed by atoms with Gasteiger partial charge >= 0.3 is 0 Å². The Morgan fingerprint density at radius 3 is 1.65 bits per heavy atom. The van der Waals surface area contributed by atoms with Crippen molar-refractivity contribution in [3.05, 3.63) is 211 Å². The van der Waals surface area contributed by atoms with Crippen LogP contribution in [0.5, 0.6) is 11.5 Å². The van der Waals surface area contributed by atoms with E-state index in [1.165, 1.54) is 66.4 Å². The molecular formula is C55H39NO. The van der Waals surface area contributed by atoms with Crippen LogP contribution in [0.3, 0.4) is 0 Å². The summed E-state index contributed by atoms with van der Waals surface area (Å²) in [5, 5.41) is 2.43. The van der Waals surface area contributed by atoms with Crippen LogP contribution in [0.25, 0.3) is 66.4 Å². The zero-order chi connectivity index (χ0) is 38.1. The summed E-state index contributed by atoms with van der Waals surface area (Å²) >= 11 is 0. The maximum atomic E-state index is 6.53. The Hall–Kier alpha value is -7.16. The zero-order valence-electron chi connectivity index (χ0n) is 31.9. The number of nitrogens with zero attached hydrogens (tertiary/aromatic N) is 1. The highest BCUT2D eigenvalue weighted by molar-refractivity contribution is 6.11. The van der Waals surface area contributed by atoms with Gasteiger partial charge in [-0.15, -0.1) is 0 Å². The van der Waals surface area contributed by atoms with E-state index in [0.717, 1.165) is 39.7 Å². The summed E-state index contributed by atoms with van der Waals surface area (Å²) in [6.45, 7) is 4.70. The smallest absolute Gasteiger partial charge is 0.135 e. The van der Waals surface area contributed by atoms with Gasteiger partial charge in [0.05, 0.1) is 0 Å². The number of fused-ring (bicyclic) bond motifs is 10. The van der Waals surface area contributed by atoms with E-state index in [0.29, 0.717) is 0 Å². The molecule has 2 aliphatic rings. The van der Waals surface area contributed by atoms with Crippen LogP contribution in [-0.2, 0) is 5.41 Å². The van der Waals surface area contributed by atoms with E-state index in [4.69, 9.17) is 4.74 Å². The molecule has 0 bridgehead atoms. The number of anilines is 3. The number of hydrogen-bond donors (Lipinski definition) is 0. The molecule has 0 saturated carbocycles. The van der Waals surface area contributed by atoms with Gasteiger partial charge in [0, 0.05) is 39.2 Å². The molecule has 0 N–H and O–H groups in total. The van der Waals surface area contributed by atoms with E-state index >= 15 is 0 Å². The number of benzene rings is 9. The lowest BCUT2D eigenvalue weighted by molar-refractivity contribution is 0.488. The molecule has 1 aliphatic heterocycles. The van der Waals surface area contributed by atoms with Crippen LogP contribution in [0, 0.1) is 0 Å². The molecule has 0 spiro atoms. The molecule has 0 amide bonds. The second-order valence-corrected chi connectivity index (χ2v) is 15.7. The van der Waals surface area contributed by atoms with Gasteiger partial charge in [-0.3, -0.25) is 0 Å². The number of rotatable bonds is 5. The molecular weight excluding hydrogens is 691 g/mol. The molecule has 2 heteroatoms. The molecule has 2 nitrogen and oxygen atoms in total. The van der Waals surface area contributed by atoms with Gasteiger partial charge in [0.15, 0.2) is 0 Å². The van der Waals surface area contributed by atoms with Crippen molar-refractivity contribution in [1.29, 1.82) is 0 Å². The van der Waals surface area contributed by atoms with Crippen molar-refractivity contribution < 1.29 is 4.74 Å². The van der Waals surface area contributed by atoms with Crippen LogP contribution in [0.2, 0.25) is 0 Å². The quantitative estimate of drug-likeness (QED) is 0.175. The maximum absolute atomic E-state index is 6.53. The Labute approximate surface area is 333 Å². The van der Waals surface area contributed by atoms with Gasteiger partial charge < -0.3 is 9.64 Å². The minimum absolute atomic E-state index is 0.101. The molecule has 270 valence electrons. The average molecular weight is 730 g/mol. The third-order valence-corrected chi connectivity index (χ3v) is 12.1. The Balaban J connectivity index is 1.03. The topological polar surface area (TPSA) is 12.5 Å². The summed E-state index contributed by atoms with van der Waals surface area (Å²) in [5.74, 6) is 1.76. The molecule has 0 unspecified atom stereocenters. The van der Waals surface area contributed by atoms with Crippen LogP contribution in [0.1, 0.15) is 25.0 Å². The fourth-order valence-electron chi connectivity index (χ4n) is 9.29. The normalized spacial score (nSPS) is 13.0. The highest BCUT2D eigenvalue weighted by atomic mass is 16.5. The SMILES string of the molecule is CC1(C)c2ccccc2-c2ccc(N(c3ccc(-c4ccccc4)cc3)c3ccc(-c4cccc5c6c(ccc45)-c4ccccc4Oc4ccccc4-6)cc3)cc21. The predicted octanol–water partition coefficient (Wildman–Crippen LogP) is 15.4. The fourth-order valence-corrected chi connectivity index (χ4v) is 9.29. The Kier molecular flexibility index (Phi) is 7.55. The molecule has 1 aliphatic carbocycles. The minimum Gasteiger partial charge on any atom is -0.456 e. The highest BCUT2D eigenvalue weighted by Gasteiger charge is 2.35. The number of hydrogen-bond acceptors (Lipinski definition) is 2. The lowest BCUT2D eigenvalue weighted by atomic mass is 9.82. The van der Waals surface area contributed by atoms with Crippen molar-refractivity contribution in [1.82, 2.24) is 0 Å². The lowest BCUT2D eigenvalue weighted by Gasteiger charge is -2.28. The van der Waals surface area contributed by atoms with Crippen molar-refractivity contribution in [2.75, 3.05) is 4.90 Å². The summed E-state index contributed by atoms with van der Waals surface area (Å²) in [6.07, 6.45) is 0. The molecule has 9 aromatic rings. The van der Waals surface area contributed by atoms with E-state index in [-0.39, 0.29) is 5.41 Å². The molecule has 0 aromatic heterocycles. The second kappa shape index (κ2) is 13.0. The fraction of sp³-hybridized carbons (Fsp3) is 0.0545. The standard InChI is InChI=1S/C55H39NO/c1-55(2)50-20-9-6-15-44(50)45-32-31-41(35-51(45)55)56(39-27-23-37(24-28-39)36-13-4-3-5-14-36)40-29-25-38(26-30-40)42-18-12-19-47-43(42)33-34-48-46-16-7-10-21-52(46)57-53-22-11-8-17-49(53)54(47)48/h3-35H,1-2H3. The van der Waals surface area contributed by atoms with Crippen LogP contribution < -0.4 is 9.64 Å². The van der Waals surface area contributed by atoms with Crippen molar-refractivity contribution in [2.45, 2.75) is 19.3 Å². The predicted molar refractivity (Wildman–Crippen MR) is 238 cm³/mol. The molecule has 0 radical (unpaired) electrons. The van der Waals surface area contributed by atoms with Crippen LogP contribution in [-0.4, -0.2) is 0 Å². The second-order valence-electron chi connectivity index (χ2n) is 15.7. The van der Waals surface area contributed by atoms with Crippen molar-refractivity contribution in [3.8, 4) is 67.1 Å². The largest absolute Gasteiger partial charge is 0.456 e. The number of ether oxygens (including phenoxy) is 1. The highest BCUT2D eigenvalue weighted by Crippen LogP contribution is 2.52. The summed E-state index contributed by atoms with van der Waals surface area (Å²) in [5.41, 5.74) is 18.1. The lowest BCUT2D eigenvalue weighted by Crippen LogP contribution is -2.16. The Morgan fingerprint density at radius 1 is 0.351 bits per heavy atom. The molecule has 0 fully saturated rings. The van der Waals surface area contributed by atoms with E-state index in [9.17, 15) is 0 Å². The van der Waals surface area contributed by atoms with Gasteiger partial charge in [-0.2, -0.15) is 0 Å². The first kappa shape index (κ1) is 33.2. The molecule has 11 rings (SSSR count). The molecule has 0 atom stereocenters. The van der Waals surface area contributed by atoms with E-state index in [1.807, 2.05) is 12.1 Å². The monoisotopic (exact) mass is 729 g/mol. The molecule has 57 heavy (non-hydrogen) atoms. The average Bonchev–Trinajstić information content (AvgIpc) is 3.39. The Bertz CT molecular complexity index is 3000. The summed E-state index contributed by atoms with van der Waals surface area (Å²) in [6, 6.07) is 72.6.